The zero-order valence-corrected chi connectivity index (χ0v) is 14.7. The summed E-state index contributed by atoms with van der Waals surface area (Å²) in [7, 11) is 0. The minimum Gasteiger partial charge on any atom is -0.481 e. The van der Waals surface area contributed by atoms with Crippen LogP contribution >= 0.6 is 0 Å². The molecule has 2 amide bonds. The number of carboxylic acids is 1. The van der Waals surface area contributed by atoms with Crippen molar-refractivity contribution < 1.29 is 19.5 Å². The molecule has 1 aromatic rings. The number of aliphatic carboxylic acids is 1. The third-order valence-corrected chi connectivity index (χ3v) is 5.14. The molecule has 2 N–H and O–H groups in total. The Morgan fingerprint density at radius 2 is 1.62 bits per heavy atom. The number of nitrogens with zero attached hydrogens (tertiary/aromatic N) is 1. The molecule has 1 heterocycles. The number of piperidine rings is 1. The highest BCUT2D eigenvalue weighted by Gasteiger charge is 2.34. The van der Waals surface area contributed by atoms with Gasteiger partial charge in [-0.15, -0.1) is 0 Å². The summed E-state index contributed by atoms with van der Waals surface area (Å²) >= 11 is 0. The number of carbonyl (C=O) groups excluding carboxylic acids is 2. The molecular formula is C20H24N2O4. The highest BCUT2D eigenvalue weighted by molar-refractivity contribution is 6.04. The minimum absolute atomic E-state index is 0.0843. The fourth-order valence-electron chi connectivity index (χ4n) is 3.65. The maximum absolute atomic E-state index is 12.8. The van der Waals surface area contributed by atoms with Crippen molar-refractivity contribution >= 4 is 23.5 Å². The van der Waals surface area contributed by atoms with Crippen LogP contribution in [-0.2, 0) is 9.59 Å². The summed E-state index contributed by atoms with van der Waals surface area (Å²) in [6, 6.07) is 6.94. The highest BCUT2D eigenvalue weighted by atomic mass is 16.4. The van der Waals surface area contributed by atoms with Crippen molar-refractivity contribution in [1.29, 1.82) is 0 Å². The average Bonchev–Trinajstić information content (AvgIpc) is 2.68. The zero-order chi connectivity index (χ0) is 18.5. The quantitative estimate of drug-likeness (QED) is 0.812. The maximum Gasteiger partial charge on any atom is 0.307 e. The van der Waals surface area contributed by atoms with Crippen LogP contribution in [0.25, 0.3) is 0 Å². The van der Waals surface area contributed by atoms with Crippen LogP contribution in [0.4, 0.5) is 5.69 Å². The molecule has 6 nitrogen and oxygen atoms in total. The standard InChI is InChI=1S/C20H24N2O4/c23-18(14-8-2-3-9-15(14)20(25)26)21-17-11-5-4-10-16(17)19(24)22-12-6-1-7-13-22/h2-5,10-11,14-15H,1,6-9,12-13H2,(H,21,23)(H,25,26)/t14-,15-/m1/s1. The predicted molar refractivity (Wildman–Crippen MR) is 97.8 cm³/mol. The van der Waals surface area contributed by atoms with Gasteiger partial charge >= 0.3 is 5.97 Å². The fourth-order valence-corrected chi connectivity index (χ4v) is 3.65. The number of hydrogen-bond donors (Lipinski definition) is 2. The molecule has 0 aromatic heterocycles. The summed E-state index contributed by atoms with van der Waals surface area (Å²) in [4.78, 5) is 38.8. The van der Waals surface area contributed by atoms with E-state index in [1.54, 1.807) is 30.3 Å². The number of rotatable bonds is 4. The van der Waals surface area contributed by atoms with Crippen molar-refractivity contribution in [3.05, 3.63) is 42.0 Å². The number of allylic oxidation sites excluding steroid dienone is 2. The number of carbonyl (C=O) groups is 3. The molecule has 0 bridgehead atoms. The number of carboxylic acid groups (broad SMARTS) is 1. The molecule has 0 saturated carbocycles. The summed E-state index contributed by atoms with van der Waals surface area (Å²) in [5.41, 5.74) is 0.910. The lowest BCUT2D eigenvalue weighted by atomic mass is 9.82. The molecule has 2 aliphatic rings. The second-order valence-corrected chi connectivity index (χ2v) is 6.88. The van der Waals surface area contributed by atoms with E-state index in [-0.39, 0.29) is 11.8 Å². The molecule has 0 unspecified atom stereocenters. The Kier molecular flexibility index (Phi) is 5.71. The van der Waals surface area contributed by atoms with Crippen molar-refractivity contribution in [2.75, 3.05) is 18.4 Å². The number of nitrogens with one attached hydrogen (secondary N) is 1. The minimum atomic E-state index is -0.966. The SMILES string of the molecule is O=C(O)[C@@H]1CC=CC[C@H]1C(=O)Nc1ccccc1C(=O)N1CCCCC1. The van der Waals surface area contributed by atoms with E-state index < -0.39 is 17.8 Å². The Labute approximate surface area is 152 Å². The van der Waals surface area contributed by atoms with E-state index in [1.807, 2.05) is 11.0 Å². The normalized spacial score (nSPS) is 22.7. The summed E-state index contributed by atoms with van der Waals surface area (Å²) in [6.45, 7) is 1.46. The van der Waals surface area contributed by atoms with E-state index >= 15 is 0 Å². The van der Waals surface area contributed by atoms with Crippen LogP contribution in [0.2, 0.25) is 0 Å². The zero-order valence-electron chi connectivity index (χ0n) is 14.7. The van der Waals surface area contributed by atoms with Gasteiger partial charge in [0.05, 0.1) is 23.1 Å². The molecule has 1 aromatic carbocycles. The fraction of sp³-hybridized carbons (Fsp3) is 0.450. The third-order valence-electron chi connectivity index (χ3n) is 5.14. The number of likely N-dealkylation sites (tertiary alicyclic amines) is 1. The van der Waals surface area contributed by atoms with Crippen molar-refractivity contribution in [3.8, 4) is 0 Å². The van der Waals surface area contributed by atoms with Crippen LogP contribution < -0.4 is 5.32 Å². The number of hydrogen-bond acceptors (Lipinski definition) is 3. The van der Waals surface area contributed by atoms with Gasteiger partial charge in [0.1, 0.15) is 0 Å². The molecule has 138 valence electrons. The smallest absolute Gasteiger partial charge is 0.307 e. The lowest BCUT2D eigenvalue weighted by molar-refractivity contribution is -0.146. The van der Waals surface area contributed by atoms with Crippen LogP contribution in [0.3, 0.4) is 0 Å². The topological polar surface area (TPSA) is 86.7 Å². The number of amides is 2. The van der Waals surface area contributed by atoms with Gasteiger partial charge in [-0.05, 0) is 44.2 Å². The summed E-state index contributed by atoms with van der Waals surface area (Å²) in [5.74, 6) is -2.76. The van der Waals surface area contributed by atoms with Crippen LogP contribution in [0.1, 0.15) is 42.5 Å². The van der Waals surface area contributed by atoms with E-state index in [4.69, 9.17) is 0 Å². The lowest BCUT2D eigenvalue weighted by Gasteiger charge is -2.28. The van der Waals surface area contributed by atoms with E-state index in [0.29, 0.717) is 24.1 Å². The Morgan fingerprint density at radius 1 is 0.962 bits per heavy atom. The summed E-state index contributed by atoms with van der Waals surface area (Å²) in [6.07, 6.45) is 7.51. The number of para-hydroxylation sites is 1. The Bertz CT molecular complexity index is 722. The van der Waals surface area contributed by atoms with Gasteiger partial charge in [-0.25, -0.2) is 0 Å². The summed E-state index contributed by atoms with van der Waals surface area (Å²) < 4.78 is 0. The van der Waals surface area contributed by atoms with Crippen molar-refractivity contribution in [2.24, 2.45) is 11.8 Å². The van der Waals surface area contributed by atoms with Gasteiger partial charge in [0.25, 0.3) is 5.91 Å². The van der Waals surface area contributed by atoms with Crippen molar-refractivity contribution in [3.63, 3.8) is 0 Å². The van der Waals surface area contributed by atoms with E-state index in [1.165, 1.54) is 0 Å². The molecule has 2 atom stereocenters. The first kappa shape index (κ1) is 18.2. The van der Waals surface area contributed by atoms with Crippen molar-refractivity contribution in [2.45, 2.75) is 32.1 Å². The van der Waals surface area contributed by atoms with E-state index in [2.05, 4.69) is 5.32 Å². The lowest BCUT2D eigenvalue weighted by Crippen LogP contribution is -2.37. The van der Waals surface area contributed by atoms with E-state index in [0.717, 1.165) is 32.4 Å². The van der Waals surface area contributed by atoms with Gasteiger partial charge in [0.15, 0.2) is 0 Å². The molecule has 0 spiro atoms. The maximum atomic E-state index is 12.8. The van der Waals surface area contributed by atoms with Gasteiger partial charge in [-0.1, -0.05) is 24.3 Å². The first-order chi connectivity index (χ1) is 12.6. The Balaban J connectivity index is 1.77. The molecule has 1 aliphatic heterocycles. The molecule has 0 radical (unpaired) electrons. The van der Waals surface area contributed by atoms with Crippen LogP contribution in [0.5, 0.6) is 0 Å². The molecule has 3 rings (SSSR count). The largest absolute Gasteiger partial charge is 0.481 e. The van der Waals surface area contributed by atoms with Crippen LogP contribution in [0.15, 0.2) is 36.4 Å². The van der Waals surface area contributed by atoms with E-state index in [9.17, 15) is 19.5 Å². The first-order valence-corrected chi connectivity index (χ1v) is 9.15. The Hall–Kier alpha value is -2.63. The number of anilines is 1. The molecular weight excluding hydrogens is 332 g/mol. The van der Waals surface area contributed by atoms with Crippen LogP contribution in [-0.4, -0.2) is 40.9 Å². The summed E-state index contributed by atoms with van der Waals surface area (Å²) in [5, 5.41) is 12.2. The predicted octanol–water partition coefficient (Wildman–Crippen LogP) is 2.92. The Morgan fingerprint density at radius 3 is 2.31 bits per heavy atom. The van der Waals surface area contributed by atoms with Gasteiger partial charge in [0, 0.05) is 13.1 Å². The molecule has 6 heteroatoms. The van der Waals surface area contributed by atoms with Crippen LogP contribution in [0, 0.1) is 11.8 Å². The monoisotopic (exact) mass is 356 g/mol. The molecule has 26 heavy (non-hydrogen) atoms. The molecule has 1 fully saturated rings. The second kappa shape index (κ2) is 8.17. The van der Waals surface area contributed by atoms with Gasteiger partial charge in [0.2, 0.25) is 5.91 Å². The highest BCUT2D eigenvalue weighted by Crippen LogP contribution is 2.28. The first-order valence-electron chi connectivity index (χ1n) is 9.15. The van der Waals surface area contributed by atoms with Gasteiger partial charge in [-0.3, -0.25) is 14.4 Å². The third kappa shape index (κ3) is 3.95. The molecule has 1 saturated heterocycles. The van der Waals surface area contributed by atoms with Gasteiger partial charge < -0.3 is 15.3 Å². The number of benzene rings is 1. The second-order valence-electron chi connectivity index (χ2n) is 6.88. The van der Waals surface area contributed by atoms with Gasteiger partial charge in [-0.2, -0.15) is 0 Å². The average molecular weight is 356 g/mol. The van der Waals surface area contributed by atoms with Crippen molar-refractivity contribution in [1.82, 2.24) is 4.90 Å². The molecule has 1 aliphatic carbocycles.